The van der Waals surface area contributed by atoms with Crippen molar-refractivity contribution in [3.63, 3.8) is 0 Å². The number of benzene rings is 7. The third kappa shape index (κ3) is 52.5. The van der Waals surface area contributed by atoms with Crippen LogP contribution in [0.2, 0.25) is 0 Å². The number of hydrogen-bond donors (Lipinski definition) is 0. The van der Waals surface area contributed by atoms with Gasteiger partial charge in [-0.2, -0.15) is 0 Å². The second-order valence-electron chi connectivity index (χ2n) is 38.1. The highest BCUT2D eigenvalue weighted by Gasteiger charge is 2.20. The van der Waals surface area contributed by atoms with Gasteiger partial charge in [0.05, 0.1) is 0 Å². The molecule has 7 fully saturated rings. The summed E-state index contributed by atoms with van der Waals surface area (Å²) < 4.78 is 0. The summed E-state index contributed by atoms with van der Waals surface area (Å²) in [6.45, 7) is 70.8. The highest BCUT2D eigenvalue weighted by atomic mass is 15.1. The van der Waals surface area contributed by atoms with Crippen molar-refractivity contribution in [2.24, 2.45) is 23.7 Å². The smallest absolute Gasteiger partial charge is 0.0233 e. The Morgan fingerprint density at radius 2 is 0.357 bits per heavy atom. The fraction of sp³-hybridized carbons (Fsp3) is 0.659. The van der Waals surface area contributed by atoms with E-state index in [2.05, 4.69) is 281 Å². The fourth-order valence-corrected chi connectivity index (χ4v) is 18.3. The maximum atomic E-state index is 2.59. The van der Waals surface area contributed by atoms with Crippen LogP contribution in [0.25, 0.3) is 0 Å². The molecule has 3 saturated heterocycles. The van der Waals surface area contributed by atoms with Crippen molar-refractivity contribution in [1.29, 1.82) is 0 Å². The van der Waals surface area contributed by atoms with Crippen LogP contribution in [0.4, 0.5) is 0 Å². The van der Waals surface area contributed by atoms with Gasteiger partial charge in [-0.15, -0.1) is 0 Å². The molecule has 0 amide bonds. The van der Waals surface area contributed by atoms with Crippen molar-refractivity contribution in [3.8, 4) is 0 Å². The lowest BCUT2D eigenvalue weighted by Crippen LogP contribution is -2.29. The van der Waals surface area contributed by atoms with Crippen molar-refractivity contribution >= 4 is 0 Å². The topological polar surface area (TPSA) is 9.72 Å². The summed E-state index contributed by atoms with van der Waals surface area (Å²) >= 11 is 0. The Hall–Kier alpha value is -5.58. The molecule has 0 aromatic heterocycles. The molecule has 3 heteroatoms. The van der Waals surface area contributed by atoms with E-state index in [1.165, 1.54) is 318 Å². The highest BCUT2D eigenvalue weighted by Crippen LogP contribution is 2.33. The number of likely N-dealkylation sites (tertiary alicyclic amines) is 3. The predicted octanol–water partition coefficient (Wildman–Crippen LogP) is 38.3. The molecule has 0 bridgehead atoms. The van der Waals surface area contributed by atoms with Crippen LogP contribution in [0, 0.1) is 23.7 Å². The van der Waals surface area contributed by atoms with Gasteiger partial charge < -0.3 is 0 Å². The largest absolute Gasteiger partial charge is 0.299 e. The fourth-order valence-electron chi connectivity index (χ4n) is 18.3. The number of hydrogen-bond acceptors (Lipinski definition) is 3. The third-order valence-corrected chi connectivity index (χ3v) is 26.0. The lowest BCUT2D eigenvalue weighted by atomic mass is 9.84. The average Bonchev–Trinajstić information content (AvgIpc) is 0.912. The van der Waals surface area contributed by atoms with Gasteiger partial charge in [0.2, 0.25) is 0 Å². The maximum absolute atomic E-state index is 2.59. The molecule has 0 N–H and O–H groups in total. The van der Waals surface area contributed by atoms with Crippen LogP contribution < -0.4 is 0 Å². The number of nitrogens with zero attached hydrogens (tertiary/aromatic N) is 3. The first-order valence-electron chi connectivity index (χ1n) is 54.1. The van der Waals surface area contributed by atoms with Gasteiger partial charge in [-0.25, -0.2) is 0 Å². The minimum atomic E-state index is 0.640. The second kappa shape index (κ2) is 76.0. The van der Waals surface area contributed by atoms with E-state index in [0.717, 1.165) is 43.3 Å². The van der Waals surface area contributed by atoms with Gasteiger partial charge in [-0.1, -0.05) is 511 Å². The summed E-state index contributed by atoms with van der Waals surface area (Å²) in [6.07, 6.45) is 46.8. The third-order valence-electron chi connectivity index (χ3n) is 26.0. The van der Waals surface area contributed by atoms with Gasteiger partial charge in [0, 0.05) is 19.6 Å². The van der Waals surface area contributed by atoms with Crippen LogP contribution in [0.1, 0.15) is 499 Å². The zero-order valence-electron chi connectivity index (χ0n) is 88.6. The summed E-state index contributed by atoms with van der Waals surface area (Å²) in [5.41, 5.74) is 20.9. The molecule has 7 aliphatic rings. The summed E-state index contributed by atoms with van der Waals surface area (Å²) in [5, 5.41) is 0. The van der Waals surface area contributed by atoms with Gasteiger partial charge >= 0.3 is 0 Å². The molecule has 3 heterocycles. The lowest BCUT2D eigenvalue weighted by Gasteiger charge is -2.26. The predicted molar refractivity (Wildman–Crippen MR) is 572 cm³/mol. The molecular formula is C123H207N3. The Labute approximate surface area is 787 Å². The molecule has 3 nitrogen and oxygen atoms in total. The van der Waals surface area contributed by atoms with Crippen LogP contribution in [0.3, 0.4) is 0 Å². The molecule has 126 heavy (non-hydrogen) atoms. The molecule has 7 aromatic carbocycles. The van der Waals surface area contributed by atoms with Gasteiger partial charge in [0.15, 0.2) is 0 Å². The van der Waals surface area contributed by atoms with Crippen LogP contribution in [-0.4, -0.2) is 54.0 Å². The van der Waals surface area contributed by atoms with Crippen LogP contribution >= 0.6 is 0 Å². The molecule has 3 aliphatic heterocycles. The lowest BCUT2D eigenvalue weighted by molar-refractivity contribution is 0.221. The normalized spacial score (nSPS) is 16.3. The highest BCUT2D eigenvalue weighted by molar-refractivity contribution is 5.31. The maximum Gasteiger partial charge on any atom is 0.0233 e. The van der Waals surface area contributed by atoms with Crippen molar-refractivity contribution < 1.29 is 0 Å². The first kappa shape index (κ1) is 118. The monoisotopic (exact) mass is 1730 g/mol. The molecule has 7 aromatic rings. The molecular weight excluding hydrogens is 1520 g/mol. The second-order valence-corrected chi connectivity index (χ2v) is 38.1. The van der Waals surface area contributed by atoms with E-state index in [4.69, 9.17) is 0 Å². The molecule has 0 radical (unpaired) electrons. The minimum absolute atomic E-state index is 0.640. The Morgan fingerprint density at radius 1 is 0.183 bits per heavy atom. The molecule has 14 rings (SSSR count). The SMILES string of the molecule is CC.CC.CC.CC.CC.CC.CC.CC(C)c1ccc(CC2CCCCC2)cc1.CC(C)c1ccc(CC2CCCCC2)cc1.CC(C)c1ccc(CN2CCCCC2)cc1.CC(C)c1ccc(CN2CCCCC2)cc1.CC(C)c1cccc(CC2CCCCC2)c1.CC(C)c1cccc(CC2CCCCC2)c1.CC(C)c1cccc(CN2CCCCC2)c1. The summed E-state index contributed by atoms with van der Waals surface area (Å²) in [5.74, 6) is 8.38. The van der Waals surface area contributed by atoms with Crippen LogP contribution in [-0.2, 0) is 45.3 Å². The van der Waals surface area contributed by atoms with Crippen molar-refractivity contribution in [3.05, 3.63) is 248 Å². The van der Waals surface area contributed by atoms with Gasteiger partial charge in [-0.3, -0.25) is 14.7 Å². The van der Waals surface area contributed by atoms with Crippen molar-refractivity contribution in [1.82, 2.24) is 14.7 Å². The van der Waals surface area contributed by atoms with E-state index in [0.29, 0.717) is 41.4 Å². The minimum Gasteiger partial charge on any atom is -0.299 e. The quantitative estimate of drug-likeness (QED) is 0.0710. The molecule has 0 atom stereocenters. The van der Waals surface area contributed by atoms with E-state index in [9.17, 15) is 0 Å². The zero-order valence-corrected chi connectivity index (χ0v) is 88.6. The van der Waals surface area contributed by atoms with E-state index < -0.39 is 0 Å². The Kier molecular flexibility index (Phi) is 71.5. The van der Waals surface area contributed by atoms with Gasteiger partial charge in [-0.05, 0) is 246 Å². The van der Waals surface area contributed by atoms with E-state index in [1.54, 1.807) is 11.1 Å². The number of piperidine rings is 3. The molecule has 0 unspecified atom stereocenters. The van der Waals surface area contributed by atoms with E-state index in [-0.39, 0.29) is 0 Å². The Bertz CT molecular complexity index is 3080. The van der Waals surface area contributed by atoms with Gasteiger partial charge in [0.25, 0.3) is 0 Å². The molecule has 4 aliphatic carbocycles. The summed E-state index contributed by atoms with van der Waals surface area (Å²) in [7, 11) is 0. The molecule has 0 spiro atoms. The van der Waals surface area contributed by atoms with Crippen molar-refractivity contribution in [2.75, 3.05) is 39.3 Å². The average molecular weight is 1730 g/mol. The first-order chi connectivity index (χ1) is 61.3. The van der Waals surface area contributed by atoms with E-state index in [1.807, 2.05) is 96.9 Å². The van der Waals surface area contributed by atoms with Crippen molar-refractivity contribution in [2.45, 2.75) is 467 Å². The van der Waals surface area contributed by atoms with Crippen LogP contribution in [0.15, 0.2) is 170 Å². The molecule has 4 saturated carbocycles. The van der Waals surface area contributed by atoms with E-state index >= 15 is 0 Å². The van der Waals surface area contributed by atoms with Gasteiger partial charge in [0.1, 0.15) is 0 Å². The molecule has 714 valence electrons. The summed E-state index contributed by atoms with van der Waals surface area (Å²) in [6, 6.07) is 64.4. The first-order valence-corrected chi connectivity index (χ1v) is 54.1. The number of rotatable bonds is 21. The zero-order chi connectivity index (χ0) is 93.7. The Morgan fingerprint density at radius 3 is 0.571 bits per heavy atom. The Balaban J connectivity index is 0.000000717. The standard InChI is InChI=1S/4C16H24.3C15H23N.7C2H6/c2*1-13(2)16-10-6-9-15(12-16)11-14-7-4-3-5-8-14;2*1-13(2)16-10-8-15(9-11-16)12-14-6-4-3-5-7-14;2*1-13(2)15-8-6-14(7-9-15)12-16-10-4-3-5-11-16;1-13(2)15-8-6-7-14(11-15)12-16-9-4-3-5-10-16;7*1-2/h2*6,9-10,12-14H,3-5,7-8,11H2,1-2H3;2*8-11,13-14H,3-7,12H2,1-2H3;2*6-9,13H,3-5,10-12H2,1-2H3;6-8,11,13H,3-5,9-10,12H2,1-2H3;7*1-2H3. The summed E-state index contributed by atoms with van der Waals surface area (Å²) in [4.78, 5) is 7.74. The van der Waals surface area contributed by atoms with Crippen LogP contribution in [0.5, 0.6) is 0 Å².